The molecule has 0 bridgehead atoms. The van der Waals surface area contributed by atoms with Crippen LogP contribution in [0, 0.1) is 0 Å². The van der Waals surface area contributed by atoms with Crippen LogP contribution in [0.5, 0.6) is 0 Å². The van der Waals surface area contributed by atoms with Crippen molar-refractivity contribution in [1.29, 1.82) is 0 Å². The van der Waals surface area contributed by atoms with Crippen LogP contribution in [0.2, 0.25) is 0 Å². The molecule has 2 aliphatic rings. The van der Waals surface area contributed by atoms with Gasteiger partial charge in [-0.05, 0) is 29.3 Å². The molecule has 3 heterocycles. The number of rotatable bonds is 2. The minimum absolute atomic E-state index is 0.0227. The molecule has 0 unspecified atom stereocenters. The molecular formula is C14H20N2O3S. The lowest BCUT2D eigenvalue weighted by atomic mass is 10.1. The maximum absolute atomic E-state index is 12.5. The summed E-state index contributed by atoms with van der Waals surface area (Å²) in [7, 11) is 0. The Hall–Kier alpha value is -0.950. The summed E-state index contributed by atoms with van der Waals surface area (Å²) < 4.78 is 11.5. The van der Waals surface area contributed by atoms with Gasteiger partial charge in [0, 0.05) is 19.6 Å². The Morgan fingerprint density at radius 2 is 2.40 bits per heavy atom. The lowest BCUT2D eigenvalue weighted by Crippen LogP contribution is -2.54. The Kier molecular flexibility index (Phi) is 4.35. The van der Waals surface area contributed by atoms with Crippen LogP contribution in [-0.2, 0) is 14.3 Å². The summed E-state index contributed by atoms with van der Waals surface area (Å²) in [5.41, 5.74) is 1.15. The Morgan fingerprint density at radius 1 is 1.50 bits per heavy atom. The van der Waals surface area contributed by atoms with Crippen LogP contribution in [0.25, 0.3) is 0 Å². The lowest BCUT2D eigenvalue weighted by Gasteiger charge is -2.38. The summed E-state index contributed by atoms with van der Waals surface area (Å²) >= 11 is 1.65. The fraction of sp³-hybridized carbons (Fsp3) is 0.643. The molecule has 1 aromatic heterocycles. The summed E-state index contributed by atoms with van der Waals surface area (Å²) in [4.78, 5) is 14.4. The highest BCUT2D eigenvalue weighted by atomic mass is 32.1. The highest BCUT2D eigenvalue weighted by molar-refractivity contribution is 7.07. The second kappa shape index (κ2) is 6.22. The number of hydrogen-bond acceptors (Lipinski definition) is 5. The van der Waals surface area contributed by atoms with Crippen molar-refractivity contribution >= 4 is 17.2 Å². The largest absolute Gasteiger partial charge is 0.367 e. The zero-order valence-electron chi connectivity index (χ0n) is 11.6. The molecule has 0 aromatic carbocycles. The third-order valence-electron chi connectivity index (χ3n) is 3.69. The van der Waals surface area contributed by atoms with Gasteiger partial charge in [-0.15, -0.1) is 0 Å². The van der Waals surface area contributed by atoms with Crippen molar-refractivity contribution in [3.05, 3.63) is 22.4 Å². The van der Waals surface area contributed by atoms with Crippen LogP contribution < -0.4 is 5.32 Å². The van der Waals surface area contributed by atoms with Gasteiger partial charge in [0.15, 0.2) is 0 Å². The number of thiophene rings is 1. The van der Waals surface area contributed by atoms with E-state index in [0.29, 0.717) is 26.2 Å². The van der Waals surface area contributed by atoms with E-state index in [1.54, 1.807) is 11.3 Å². The first-order chi connectivity index (χ1) is 9.74. The van der Waals surface area contributed by atoms with Crippen LogP contribution in [0.1, 0.15) is 18.6 Å². The molecule has 0 radical (unpaired) electrons. The number of nitrogens with one attached hydrogen (secondary N) is 1. The number of amides is 1. The molecule has 2 aliphatic heterocycles. The Labute approximate surface area is 122 Å². The van der Waals surface area contributed by atoms with Gasteiger partial charge in [-0.25, -0.2) is 0 Å². The topological polar surface area (TPSA) is 50.8 Å². The second-order valence-corrected chi connectivity index (χ2v) is 6.08. The standard InChI is InChI=1S/C14H20N2O3S/c1-10-7-16(14(17)12-6-15-3-4-18-12)8-13(19-10)11-2-5-20-9-11/h2,5,9-10,12-13,15H,3-4,6-8H2,1H3/t10-,12-,13-/m1/s1. The quantitative estimate of drug-likeness (QED) is 0.885. The lowest BCUT2D eigenvalue weighted by molar-refractivity contribution is -0.157. The van der Waals surface area contributed by atoms with E-state index in [0.717, 1.165) is 12.1 Å². The third-order valence-corrected chi connectivity index (χ3v) is 4.39. The fourth-order valence-corrected chi connectivity index (χ4v) is 3.40. The number of morpholine rings is 2. The van der Waals surface area contributed by atoms with Gasteiger partial charge >= 0.3 is 0 Å². The van der Waals surface area contributed by atoms with E-state index in [9.17, 15) is 4.79 Å². The average Bonchev–Trinajstić information content (AvgIpc) is 3.01. The number of nitrogens with zero attached hydrogens (tertiary/aromatic N) is 1. The molecule has 0 spiro atoms. The predicted molar refractivity (Wildman–Crippen MR) is 76.8 cm³/mol. The average molecular weight is 296 g/mol. The predicted octanol–water partition coefficient (Wildman–Crippen LogP) is 1.02. The van der Waals surface area contributed by atoms with Crippen molar-refractivity contribution in [1.82, 2.24) is 10.2 Å². The zero-order valence-corrected chi connectivity index (χ0v) is 12.4. The van der Waals surface area contributed by atoms with Gasteiger partial charge < -0.3 is 19.7 Å². The highest BCUT2D eigenvalue weighted by Crippen LogP contribution is 2.27. The van der Waals surface area contributed by atoms with Gasteiger partial charge in [-0.3, -0.25) is 4.79 Å². The van der Waals surface area contributed by atoms with E-state index >= 15 is 0 Å². The molecule has 0 saturated carbocycles. The summed E-state index contributed by atoms with van der Waals surface area (Å²) in [5, 5.41) is 7.33. The number of carbonyl (C=O) groups excluding carboxylic acids is 1. The molecule has 110 valence electrons. The first-order valence-electron chi connectivity index (χ1n) is 7.02. The molecule has 5 nitrogen and oxygen atoms in total. The van der Waals surface area contributed by atoms with Crippen LogP contribution >= 0.6 is 11.3 Å². The number of carbonyl (C=O) groups is 1. The molecule has 3 atom stereocenters. The third kappa shape index (κ3) is 3.03. The summed E-state index contributed by atoms with van der Waals surface area (Å²) in [6, 6.07) is 2.06. The van der Waals surface area contributed by atoms with Crippen LogP contribution in [-0.4, -0.2) is 55.8 Å². The molecule has 1 aromatic rings. The van der Waals surface area contributed by atoms with Crippen molar-refractivity contribution < 1.29 is 14.3 Å². The van der Waals surface area contributed by atoms with Crippen LogP contribution in [0.15, 0.2) is 16.8 Å². The van der Waals surface area contributed by atoms with Crippen molar-refractivity contribution in [3.8, 4) is 0 Å². The molecule has 2 fully saturated rings. The van der Waals surface area contributed by atoms with Gasteiger partial charge in [0.2, 0.25) is 0 Å². The van der Waals surface area contributed by atoms with Crippen molar-refractivity contribution in [2.24, 2.45) is 0 Å². The first kappa shape index (κ1) is 14.0. The van der Waals surface area contributed by atoms with E-state index in [-0.39, 0.29) is 24.2 Å². The second-order valence-electron chi connectivity index (χ2n) is 5.30. The maximum Gasteiger partial charge on any atom is 0.253 e. The van der Waals surface area contributed by atoms with Gasteiger partial charge in [0.25, 0.3) is 5.91 Å². The minimum atomic E-state index is -0.350. The maximum atomic E-state index is 12.5. The normalized spacial score (nSPS) is 31.2. The molecule has 1 amide bonds. The molecule has 2 saturated heterocycles. The van der Waals surface area contributed by atoms with E-state index in [2.05, 4.69) is 16.8 Å². The monoisotopic (exact) mass is 296 g/mol. The van der Waals surface area contributed by atoms with E-state index in [4.69, 9.17) is 9.47 Å². The van der Waals surface area contributed by atoms with E-state index in [1.165, 1.54) is 0 Å². The number of hydrogen-bond donors (Lipinski definition) is 1. The number of ether oxygens (including phenoxy) is 2. The SMILES string of the molecule is C[C@@H]1CN(C(=O)[C@H]2CNCCO2)C[C@H](c2ccsc2)O1. The van der Waals surface area contributed by atoms with E-state index < -0.39 is 0 Å². The molecule has 1 N–H and O–H groups in total. The van der Waals surface area contributed by atoms with E-state index in [1.807, 2.05) is 17.2 Å². The highest BCUT2D eigenvalue weighted by Gasteiger charge is 2.33. The summed E-state index contributed by atoms with van der Waals surface area (Å²) in [6.45, 7) is 5.29. The first-order valence-corrected chi connectivity index (χ1v) is 7.97. The van der Waals surface area contributed by atoms with Crippen LogP contribution in [0.4, 0.5) is 0 Å². The van der Waals surface area contributed by atoms with Gasteiger partial charge in [0.05, 0.1) is 19.3 Å². The van der Waals surface area contributed by atoms with Gasteiger partial charge in [0.1, 0.15) is 12.2 Å². The Morgan fingerprint density at radius 3 is 3.10 bits per heavy atom. The molecule has 20 heavy (non-hydrogen) atoms. The molecule has 0 aliphatic carbocycles. The fourth-order valence-electron chi connectivity index (χ4n) is 2.70. The molecular weight excluding hydrogens is 276 g/mol. The zero-order chi connectivity index (χ0) is 13.9. The molecule has 6 heteroatoms. The summed E-state index contributed by atoms with van der Waals surface area (Å²) in [5.74, 6) is 0.0765. The van der Waals surface area contributed by atoms with Gasteiger partial charge in [-0.2, -0.15) is 11.3 Å². The van der Waals surface area contributed by atoms with Gasteiger partial charge in [-0.1, -0.05) is 0 Å². The van der Waals surface area contributed by atoms with Crippen LogP contribution in [0.3, 0.4) is 0 Å². The van der Waals surface area contributed by atoms with Crippen molar-refractivity contribution in [2.45, 2.75) is 25.2 Å². The van der Waals surface area contributed by atoms with Crippen molar-refractivity contribution in [2.75, 3.05) is 32.8 Å². The Bertz CT molecular complexity index is 445. The smallest absolute Gasteiger partial charge is 0.253 e. The molecule has 3 rings (SSSR count). The van der Waals surface area contributed by atoms with Crippen molar-refractivity contribution in [3.63, 3.8) is 0 Å². The Balaban J connectivity index is 1.67. The summed E-state index contributed by atoms with van der Waals surface area (Å²) in [6.07, 6.45) is -0.322. The minimum Gasteiger partial charge on any atom is -0.367 e.